The van der Waals surface area contributed by atoms with Gasteiger partial charge in [-0.3, -0.25) is 4.79 Å². The molecule has 10 heteroatoms. The molecule has 0 saturated carbocycles. The second-order valence-electron chi connectivity index (χ2n) is 5.98. The second-order valence-corrected chi connectivity index (χ2v) is 5.98. The van der Waals surface area contributed by atoms with E-state index in [1.54, 1.807) is 18.8 Å². The van der Waals surface area contributed by atoms with Crippen LogP contribution in [0.15, 0.2) is 31.1 Å². The number of aryl methyl sites for hydroxylation is 1. The third-order valence-electron chi connectivity index (χ3n) is 4.20. The topological polar surface area (TPSA) is 109 Å². The van der Waals surface area contributed by atoms with E-state index in [9.17, 15) is 4.79 Å². The number of tetrazole rings is 1. The molecule has 0 aliphatic carbocycles. The normalized spacial score (nSPS) is 17.7. The molecule has 1 N–H and O–H groups in total. The lowest BCUT2D eigenvalue weighted by Crippen LogP contribution is -2.37. The summed E-state index contributed by atoms with van der Waals surface area (Å²) in [4.78, 5) is 15.7. The van der Waals surface area contributed by atoms with Crippen molar-refractivity contribution in [2.75, 3.05) is 13.7 Å². The highest BCUT2D eigenvalue weighted by atomic mass is 16.5. The fourth-order valence-corrected chi connectivity index (χ4v) is 2.86. The van der Waals surface area contributed by atoms with Crippen molar-refractivity contribution in [2.24, 2.45) is 0 Å². The number of nitrogens with zero attached hydrogens (tertiary/aromatic N) is 6. The molecule has 26 heavy (non-hydrogen) atoms. The van der Waals surface area contributed by atoms with Gasteiger partial charge in [0.15, 0.2) is 5.82 Å². The molecule has 1 aliphatic heterocycles. The predicted molar refractivity (Wildman–Crippen MR) is 90.7 cm³/mol. The Morgan fingerprint density at radius 2 is 2.46 bits per heavy atom. The predicted octanol–water partition coefficient (Wildman–Crippen LogP) is 0.456. The third-order valence-corrected chi connectivity index (χ3v) is 4.20. The first-order valence-electron chi connectivity index (χ1n) is 8.60. The quantitative estimate of drug-likeness (QED) is 0.507. The van der Waals surface area contributed by atoms with E-state index in [1.165, 1.54) is 11.8 Å². The van der Waals surface area contributed by atoms with Crippen LogP contribution in [0, 0.1) is 0 Å². The lowest BCUT2D eigenvalue weighted by atomic mass is 10.0. The maximum Gasteiger partial charge on any atom is 0.327 e. The number of aromatic nitrogens is 6. The Bertz CT molecular complexity index is 713. The van der Waals surface area contributed by atoms with E-state index in [-0.39, 0.29) is 18.7 Å². The number of ether oxygens (including phenoxy) is 2. The molecular weight excluding hydrogens is 338 g/mol. The van der Waals surface area contributed by atoms with Crippen LogP contribution in [-0.2, 0) is 27.4 Å². The van der Waals surface area contributed by atoms with Crippen LogP contribution >= 0.6 is 0 Å². The smallest absolute Gasteiger partial charge is 0.327 e. The largest absolute Gasteiger partial charge is 0.496 e. The van der Waals surface area contributed by atoms with E-state index in [1.807, 2.05) is 16.8 Å². The molecule has 0 fully saturated rings. The van der Waals surface area contributed by atoms with E-state index >= 15 is 0 Å². The molecule has 0 saturated heterocycles. The summed E-state index contributed by atoms with van der Waals surface area (Å²) in [6.45, 7) is 1.57. The summed E-state index contributed by atoms with van der Waals surface area (Å²) in [5, 5.41) is 15.2. The van der Waals surface area contributed by atoms with E-state index in [0.717, 1.165) is 32.4 Å². The SMILES string of the molecule is COC(=O)Cn1nnnc1C(NCCCn1ccnc1)C1CCC=CO1. The van der Waals surface area contributed by atoms with Crippen molar-refractivity contribution in [1.82, 2.24) is 35.1 Å². The van der Waals surface area contributed by atoms with Crippen molar-refractivity contribution >= 4 is 5.97 Å². The highest BCUT2D eigenvalue weighted by Crippen LogP contribution is 2.24. The molecule has 0 radical (unpaired) electrons. The van der Waals surface area contributed by atoms with Gasteiger partial charge in [0.05, 0.1) is 19.7 Å². The summed E-state index contributed by atoms with van der Waals surface area (Å²) in [6, 6.07) is -0.220. The van der Waals surface area contributed by atoms with E-state index in [0.29, 0.717) is 5.82 Å². The molecule has 140 valence electrons. The highest BCUT2D eigenvalue weighted by Gasteiger charge is 2.30. The van der Waals surface area contributed by atoms with Crippen molar-refractivity contribution in [3.63, 3.8) is 0 Å². The van der Waals surface area contributed by atoms with Crippen molar-refractivity contribution in [2.45, 2.75) is 44.5 Å². The molecule has 10 nitrogen and oxygen atoms in total. The van der Waals surface area contributed by atoms with Crippen molar-refractivity contribution in [1.29, 1.82) is 0 Å². The molecule has 0 aromatic carbocycles. The van der Waals surface area contributed by atoms with Crippen LogP contribution in [0.2, 0.25) is 0 Å². The fraction of sp³-hybridized carbons (Fsp3) is 0.562. The molecule has 2 aromatic rings. The number of rotatable bonds is 9. The van der Waals surface area contributed by atoms with Crippen LogP contribution in [0.1, 0.15) is 31.1 Å². The van der Waals surface area contributed by atoms with E-state index in [4.69, 9.17) is 9.47 Å². The van der Waals surface area contributed by atoms with Gasteiger partial charge in [0, 0.05) is 18.9 Å². The average molecular weight is 361 g/mol. The minimum absolute atomic E-state index is 0.0331. The Morgan fingerprint density at radius 1 is 1.54 bits per heavy atom. The average Bonchev–Trinajstić information content (AvgIpc) is 3.34. The number of esters is 1. The summed E-state index contributed by atoms with van der Waals surface area (Å²) in [5.74, 6) is 0.167. The van der Waals surface area contributed by atoms with Gasteiger partial charge in [-0.15, -0.1) is 5.10 Å². The number of carbonyl (C=O) groups is 1. The van der Waals surface area contributed by atoms with Gasteiger partial charge in [0.1, 0.15) is 18.7 Å². The molecule has 0 amide bonds. The number of hydrogen-bond donors (Lipinski definition) is 1. The summed E-state index contributed by atoms with van der Waals surface area (Å²) in [6.07, 6.45) is 11.8. The monoisotopic (exact) mass is 361 g/mol. The van der Waals surface area contributed by atoms with Gasteiger partial charge in [0.2, 0.25) is 0 Å². The Kier molecular flexibility index (Phi) is 6.31. The van der Waals surface area contributed by atoms with Gasteiger partial charge in [-0.1, -0.05) is 0 Å². The fourth-order valence-electron chi connectivity index (χ4n) is 2.86. The van der Waals surface area contributed by atoms with E-state index in [2.05, 4.69) is 25.8 Å². The van der Waals surface area contributed by atoms with Gasteiger partial charge in [-0.2, -0.15) is 0 Å². The Labute approximate surface area is 151 Å². The third kappa shape index (κ3) is 4.66. The van der Waals surface area contributed by atoms with Gasteiger partial charge in [0.25, 0.3) is 0 Å². The van der Waals surface area contributed by atoms with Crippen LogP contribution < -0.4 is 5.32 Å². The number of hydrogen-bond acceptors (Lipinski definition) is 8. The minimum Gasteiger partial charge on any atom is -0.496 e. The van der Waals surface area contributed by atoms with Crippen LogP contribution in [0.5, 0.6) is 0 Å². The number of methoxy groups -OCH3 is 1. The van der Waals surface area contributed by atoms with Crippen LogP contribution in [-0.4, -0.2) is 55.5 Å². The van der Waals surface area contributed by atoms with Crippen molar-refractivity contribution in [3.05, 3.63) is 36.9 Å². The number of carbonyl (C=O) groups excluding carboxylic acids is 1. The van der Waals surface area contributed by atoms with Crippen LogP contribution in [0.25, 0.3) is 0 Å². The lowest BCUT2D eigenvalue weighted by Gasteiger charge is -2.28. The zero-order valence-corrected chi connectivity index (χ0v) is 14.7. The first-order chi connectivity index (χ1) is 12.8. The maximum atomic E-state index is 11.6. The molecule has 0 bridgehead atoms. The zero-order chi connectivity index (χ0) is 18.2. The zero-order valence-electron chi connectivity index (χ0n) is 14.7. The Hall–Kier alpha value is -2.75. The maximum absolute atomic E-state index is 11.6. The molecule has 3 rings (SSSR count). The van der Waals surface area contributed by atoms with Crippen molar-refractivity contribution in [3.8, 4) is 0 Å². The van der Waals surface area contributed by atoms with Gasteiger partial charge >= 0.3 is 5.97 Å². The summed E-state index contributed by atoms with van der Waals surface area (Å²) in [5.41, 5.74) is 0. The van der Waals surface area contributed by atoms with Crippen LogP contribution in [0.4, 0.5) is 0 Å². The van der Waals surface area contributed by atoms with Crippen molar-refractivity contribution < 1.29 is 14.3 Å². The summed E-state index contributed by atoms with van der Waals surface area (Å²) in [7, 11) is 1.34. The molecular formula is C16H23N7O3. The molecule has 2 atom stereocenters. The van der Waals surface area contributed by atoms with Gasteiger partial charge < -0.3 is 19.4 Å². The summed E-state index contributed by atoms with van der Waals surface area (Å²) < 4.78 is 14.0. The van der Waals surface area contributed by atoms with Gasteiger partial charge in [-0.25, -0.2) is 9.67 Å². The Morgan fingerprint density at radius 3 is 3.19 bits per heavy atom. The number of nitrogens with one attached hydrogen (secondary N) is 1. The molecule has 2 aromatic heterocycles. The van der Waals surface area contributed by atoms with Crippen LogP contribution in [0.3, 0.4) is 0 Å². The molecule has 2 unspecified atom stereocenters. The minimum atomic E-state index is -0.401. The highest BCUT2D eigenvalue weighted by molar-refractivity contribution is 5.68. The van der Waals surface area contributed by atoms with E-state index < -0.39 is 5.97 Å². The number of imidazole rings is 1. The first kappa shape index (κ1) is 18.1. The molecule has 1 aliphatic rings. The standard InChI is InChI=1S/C16H23N7O3/c1-25-14(24)11-23-16(19-20-21-23)15(13-5-2-3-10-26-13)18-6-4-8-22-9-7-17-12-22/h3,7,9-10,12-13,15,18H,2,4-6,8,11H2,1H3. The number of allylic oxidation sites excluding steroid dienone is 1. The molecule has 3 heterocycles. The lowest BCUT2D eigenvalue weighted by molar-refractivity contribution is -0.141. The molecule has 0 spiro atoms. The first-order valence-corrected chi connectivity index (χ1v) is 8.60. The van der Waals surface area contributed by atoms with Gasteiger partial charge in [-0.05, 0) is 42.3 Å². The second kappa shape index (κ2) is 9.09. The summed E-state index contributed by atoms with van der Waals surface area (Å²) >= 11 is 0. The Balaban J connectivity index is 1.66.